The summed E-state index contributed by atoms with van der Waals surface area (Å²) in [7, 11) is 0. The van der Waals surface area contributed by atoms with Gasteiger partial charge in [0.15, 0.2) is 0 Å². The summed E-state index contributed by atoms with van der Waals surface area (Å²) in [5, 5.41) is 13.9. The zero-order chi connectivity index (χ0) is 18.2. The lowest BCUT2D eigenvalue weighted by Crippen LogP contribution is -2.60. The van der Waals surface area contributed by atoms with Gasteiger partial charge in [-0.05, 0) is 41.2 Å². The molecule has 4 nitrogen and oxygen atoms in total. The zero-order valence-corrected chi connectivity index (χ0v) is 15.2. The summed E-state index contributed by atoms with van der Waals surface area (Å²) in [6.07, 6.45) is 2.90. The predicted octanol–water partition coefficient (Wildman–Crippen LogP) is 3.09. The number of benzene rings is 2. The number of carboxylic acid groups (broad SMARTS) is 1. The van der Waals surface area contributed by atoms with Crippen LogP contribution in [0.2, 0.25) is 0 Å². The molecule has 2 bridgehead atoms. The molecule has 2 N–H and O–H groups in total. The second-order valence-corrected chi connectivity index (χ2v) is 8.60. The fourth-order valence-electron chi connectivity index (χ4n) is 6.81. The number of carboxylic acids is 1. The van der Waals surface area contributed by atoms with E-state index in [9.17, 15) is 9.90 Å². The molecule has 0 amide bonds. The lowest BCUT2D eigenvalue weighted by molar-refractivity contribution is -0.157. The van der Waals surface area contributed by atoms with Gasteiger partial charge >= 0.3 is 5.97 Å². The molecule has 4 unspecified atom stereocenters. The molecule has 5 aliphatic rings. The highest BCUT2D eigenvalue weighted by molar-refractivity contribution is 5.80. The maximum atomic E-state index is 12.7. The topological polar surface area (TPSA) is 58.6 Å². The molecule has 27 heavy (non-hydrogen) atoms. The fourth-order valence-corrected chi connectivity index (χ4v) is 6.81. The van der Waals surface area contributed by atoms with Crippen molar-refractivity contribution in [2.24, 2.45) is 11.3 Å². The van der Waals surface area contributed by atoms with E-state index in [1.54, 1.807) is 0 Å². The molecule has 0 aromatic heterocycles. The Balaban J connectivity index is 1.66. The maximum Gasteiger partial charge on any atom is 0.311 e. The van der Waals surface area contributed by atoms with Crippen molar-refractivity contribution >= 4 is 5.97 Å². The van der Waals surface area contributed by atoms with E-state index in [4.69, 9.17) is 4.74 Å². The van der Waals surface area contributed by atoms with Gasteiger partial charge in [-0.15, -0.1) is 0 Å². The largest absolute Gasteiger partial charge is 0.493 e. The van der Waals surface area contributed by atoms with Crippen LogP contribution >= 0.6 is 0 Å². The number of carbonyl (C=O) groups is 1. The minimum absolute atomic E-state index is 0.0801. The smallest absolute Gasteiger partial charge is 0.311 e. The molecule has 0 radical (unpaired) electrons. The van der Waals surface area contributed by atoms with Gasteiger partial charge in [0.05, 0.1) is 12.0 Å². The van der Waals surface area contributed by atoms with E-state index in [2.05, 4.69) is 47.8 Å². The van der Waals surface area contributed by atoms with E-state index in [1.165, 1.54) is 22.3 Å². The number of rotatable bonds is 2. The molecule has 4 atom stereocenters. The van der Waals surface area contributed by atoms with Crippen LogP contribution in [0.5, 0.6) is 5.75 Å². The first-order chi connectivity index (χ1) is 13.2. The molecule has 7 rings (SSSR count). The summed E-state index contributed by atoms with van der Waals surface area (Å²) in [5.41, 5.74) is 4.21. The van der Waals surface area contributed by atoms with Crippen molar-refractivity contribution in [1.29, 1.82) is 0 Å². The second kappa shape index (κ2) is 5.14. The standard InChI is InChI=1S/C23H23NO3/c25-21(26)23-13-24-12-20(23)22(15-5-6-19-14(11-15)8-10-27-19)9-7-18(23)16-3-1-2-4-17(16)22/h1-6,11,18,20,24H,7-10,12-13H2,(H,25,26). The minimum Gasteiger partial charge on any atom is -0.493 e. The molecule has 2 aromatic rings. The summed E-state index contributed by atoms with van der Waals surface area (Å²) in [5.74, 6) is 0.537. The molecule has 138 valence electrons. The highest BCUT2D eigenvalue weighted by atomic mass is 16.5. The molecular formula is C23H23NO3. The van der Waals surface area contributed by atoms with Crippen LogP contribution in [0.3, 0.4) is 0 Å². The van der Waals surface area contributed by atoms with Crippen LogP contribution in [0.25, 0.3) is 0 Å². The first kappa shape index (κ1) is 15.7. The van der Waals surface area contributed by atoms with Crippen molar-refractivity contribution < 1.29 is 14.6 Å². The third kappa shape index (κ3) is 1.71. The first-order valence-electron chi connectivity index (χ1n) is 9.97. The number of fused-ring (bicyclic) bond motifs is 2. The number of nitrogens with one attached hydrogen (secondary N) is 1. The van der Waals surface area contributed by atoms with Crippen LogP contribution in [0, 0.1) is 11.3 Å². The molecule has 1 saturated carbocycles. The number of ether oxygens (including phenoxy) is 1. The third-order valence-electron chi connectivity index (χ3n) is 7.85. The summed E-state index contributed by atoms with van der Waals surface area (Å²) < 4.78 is 5.72. The third-order valence-corrected chi connectivity index (χ3v) is 7.85. The van der Waals surface area contributed by atoms with Gasteiger partial charge in [-0.1, -0.05) is 36.4 Å². The number of hydrogen-bond donors (Lipinski definition) is 2. The first-order valence-corrected chi connectivity index (χ1v) is 9.97. The van der Waals surface area contributed by atoms with Crippen molar-refractivity contribution in [3.8, 4) is 5.75 Å². The van der Waals surface area contributed by atoms with Gasteiger partial charge in [0.1, 0.15) is 5.75 Å². The van der Waals surface area contributed by atoms with Crippen LogP contribution in [-0.4, -0.2) is 30.8 Å². The second-order valence-electron chi connectivity index (χ2n) is 8.60. The summed E-state index contributed by atoms with van der Waals surface area (Å²) in [6, 6.07) is 15.2. The van der Waals surface area contributed by atoms with Gasteiger partial charge in [-0.25, -0.2) is 0 Å². The number of hydrogen-bond acceptors (Lipinski definition) is 3. The van der Waals surface area contributed by atoms with Crippen LogP contribution in [0.4, 0.5) is 0 Å². The van der Waals surface area contributed by atoms with Crippen molar-refractivity contribution in [2.75, 3.05) is 19.7 Å². The molecule has 2 aliphatic heterocycles. The normalized spacial score (nSPS) is 35.3. The van der Waals surface area contributed by atoms with Crippen LogP contribution in [0.1, 0.15) is 41.0 Å². The highest BCUT2D eigenvalue weighted by Gasteiger charge is 2.68. The van der Waals surface area contributed by atoms with E-state index < -0.39 is 11.4 Å². The van der Waals surface area contributed by atoms with Crippen molar-refractivity contribution in [1.82, 2.24) is 5.32 Å². The monoisotopic (exact) mass is 361 g/mol. The van der Waals surface area contributed by atoms with Gasteiger partial charge in [-0.2, -0.15) is 0 Å². The zero-order valence-electron chi connectivity index (χ0n) is 15.2. The Morgan fingerprint density at radius 2 is 2.11 bits per heavy atom. The quantitative estimate of drug-likeness (QED) is 0.863. The van der Waals surface area contributed by atoms with E-state index in [-0.39, 0.29) is 17.3 Å². The van der Waals surface area contributed by atoms with Crippen molar-refractivity contribution in [3.63, 3.8) is 0 Å². The average molecular weight is 361 g/mol. The summed E-state index contributed by atoms with van der Waals surface area (Å²) >= 11 is 0. The molecule has 4 heteroatoms. The molecule has 2 aromatic carbocycles. The fraction of sp³-hybridized carbons (Fsp3) is 0.435. The van der Waals surface area contributed by atoms with Crippen LogP contribution in [0.15, 0.2) is 42.5 Å². The Kier molecular flexibility index (Phi) is 2.99. The van der Waals surface area contributed by atoms with E-state index in [0.29, 0.717) is 6.54 Å². The Morgan fingerprint density at radius 1 is 1.22 bits per heavy atom. The Morgan fingerprint density at radius 3 is 3.00 bits per heavy atom. The molecular weight excluding hydrogens is 338 g/mol. The lowest BCUT2D eigenvalue weighted by Gasteiger charge is -2.59. The molecule has 3 aliphatic carbocycles. The Labute approximate surface area is 158 Å². The van der Waals surface area contributed by atoms with Crippen LogP contribution in [-0.2, 0) is 16.6 Å². The summed E-state index contributed by atoms with van der Waals surface area (Å²) in [4.78, 5) is 12.7. The lowest BCUT2D eigenvalue weighted by atomic mass is 9.42. The SMILES string of the molecule is O=C(O)C12CNCC1C1(c3ccc4c(c3)CCO4)CCC2c2ccccc21. The van der Waals surface area contributed by atoms with E-state index in [0.717, 1.165) is 38.2 Å². The summed E-state index contributed by atoms with van der Waals surface area (Å²) in [6.45, 7) is 2.08. The van der Waals surface area contributed by atoms with Gasteiger partial charge < -0.3 is 15.2 Å². The van der Waals surface area contributed by atoms with Gasteiger partial charge in [0.25, 0.3) is 0 Å². The minimum atomic E-state index is -0.706. The molecule has 0 spiro atoms. The van der Waals surface area contributed by atoms with Crippen molar-refractivity contribution in [2.45, 2.75) is 30.6 Å². The molecule has 1 saturated heterocycles. The van der Waals surface area contributed by atoms with Crippen LogP contribution < -0.4 is 10.1 Å². The molecule has 2 fully saturated rings. The highest BCUT2D eigenvalue weighted by Crippen LogP contribution is 2.67. The van der Waals surface area contributed by atoms with E-state index >= 15 is 0 Å². The Bertz CT molecular complexity index is 970. The number of aliphatic carboxylic acids is 1. The van der Waals surface area contributed by atoms with Crippen molar-refractivity contribution in [3.05, 3.63) is 64.7 Å². The van der Waals surface area contributed by atoms with E-state index in [1.807, 2.05) is 0 Å². The predicted molar refractivity (Wildman–Crippen MR) is 101 cm³/mol. The average Bonchev–Trinajstić information content (AvgIpc) is 3.36. The van der Waals surface area contributed by atoms with Gasteiger partial charge in [0.2, 0.25) is 0 Å². The van der Waals surface area contributed by atoms with Gasteiger partial charge in [0, 0.05) is 36.8 Å². The maximum absolute atomic E-state index is 12.7. The van der Waals surface area contributed by atoms with Gasteiger partial charge in [-0.3, -0.25) is 4.79 Å². The Hall–Kier alpha value is -2.33. The molecule has 2 heterocycles.